The average Bonchev–Trinajstić information content (AvgIpc) is 3.28. The Hall–Kier alpha value is -1.46. The number of rotatable bonds is 7. The fraction of sp³-hybridized carbons (Fsp3) is 0.680. The SMILES string of the molecule is CC(=O)OC(CCCC(C)[C@H]1CC[C@H]2[C@@H](O)CCC[C@]12C)c1nc2ccccc2s1. The Kier molecular flexibility index (Phi) is 6.50. The molecule has 2 aliphatic rings. The van der Waals surface area contributed by atoms with Crippen LogP contribution in [0.1, 0.15) is 83.2 Å². The fourth-order valence-corrected chi connectivity index (χ4v) is 7.44. The van der Waals surface area contributed by atoms with Gasteiger partial charge < -0.3 is 9.84 Å². The number of fused-ring (bicyclic) bond motifs is 2. The van der Waals surface area contributed by atoms with Crippen LogP contribution < -0.4 is 0 Å². The minimum Gasteiger partial charge on any atom is -0.455 e. The molecule has 5 heteroatoms. The van der Waals surface area contributed by atoms with Gasteiger partial charge in [0.15, 0.2) is 6.10 Å². The number of esters is 1. The molecule has 1 aromatic carbocycles. The van der Waals surface area contributed by atoms with Crippen LogP contribution in [0, 0.1) is 23.2 Å². The summed E-state index contributed by atoms with van der Waals surface area (Å²) < 4.78 is 6.81. The third-order valence-corrected chi connectivity index (χ3v) is 9.00. The van der Waals surface area contributed by atoms with Crippen LogP contribution in [-0.2, 0) is 9.53 Å². The molecule has 164 valence electrons. The van der Waals surface area contributed by atoms with Crippen LogP contribution in [0.3, 0.4) is 0 Å². The Morgan fingerprint density at radius 1 is 1.30 bits per heavy atom. The minimum atomic E-state index is -0.254. The highest BCUT2D eigenvalue weighted by Gasteiger charge is 2.51. The predicted octanol–water partition coefficient (Wildman–Crippen LogP) is 6.28. The molecule has 1 N–H and O–H groups in total. The highest BCUT2D eigenvalue weighted by atomic mass is 32.1. The van der Waals surface area contributed by atoms with E-state index in [0.29, 0.717) is 23.2 Å². The van der Waals surface area contributed by atoms with Gasteiger partial charge in [-0.15, -0.1) is 11.3 Å². The average molecular weight is 430 g/mol. The first kappa shape index (κ1) is 21.8. The van der Waals surface area contributed by atoms with Crippen LogP contribution in [0.15, 0.2) is 24.3 Å². The molecule has 0 aliphatic heterocycles. The second-order valence-corrected chi connectivity index (χ2v) is 10.8. The van der Waals surface area contributed by atoms with E-state index in [2.05, 4.69) is 19.9 Å². The van der Waals surface area contributed by atoms with Crippen molar-refractivity contribution in [1.29, 1.82) is 0 Å². The molecule has 1 heterocycles. The van der Waals surface area contributed by atoms with Crippen LogP contribution in [0.2, 0.25) is 0 Å². The molecule has 2 fully saturated rings. The van der Waals surface area contributed by atoms with Gasteiger partial charge in [0.05, 0.1) is 16.3 Å². The summed E-state index contributed by atoms with van der Waals surface area (Å²) in [6.07, 6.45) is 8.42. The van der Waals surface area contributed by atoms with Crippen LogP contribution in [0.4, 0.5) is 0 Å². The maximum atomic E-state index is 11.7. The van der Waals surface area contributed by atoms with Crippen molar-refractivity contribution in [3.05, 3.63) is 29.3 Å². The summed E-state index contributed by atoms with van der Waals surface area (Å²) >= 11 is 1.63. The summed E-state index contributed by atoms with van der Waals surface area (Å²) in [7, 11) is 0. The van der Waals surface area contributed by atoms with Crippen molar-refractivity contribution >= 4 is 27.5 Å². The van der Waals surface area contributed by atoms with Gasteiger partial charge in [0.2, 0.25) is 0 Å². The zero-order chi connectivity index (χ0) is 21.3. The van der Waals surface area contributed by atoms with Crippen LogP contribution in [0.25, 0.3) is 10.2 Å². The third kappa shape index (κ3) is 4.29. The number of hydrogen-bond acceptors (Lipinski definition) is 5. The first-order valence-corrected chi connectivity index (χ1v) is 12.4. The smallest absolute Gasteiger partial charge is 0.303 e. The lowest BCUT2D eigenvalue weighted by Crippen LogP contribution is -2.41. The van der Waals surface area contributed by atoms with E-state index < -0.39 is 0 Å². The summed E-state index contributed by atoms with van der Waals surface area (Å²) in [5.74, 6) is 1.55. The Bertz CT molecular complexity index is 847. The summed E-state index contributed by atoms with van der Waals surface area (Å²) in [5, 5.41) is 11.4. The molecule has 2 unspecified atom stereocenters. The number of carbonyl (C=O) groups is 1. The van der Waals surface area contributed by atoms with Gasteiger partial charge in [-0.3, -0.25) is 4.79 Å². The predicted molar refractivity (Wildman–Crippen MR) is 121 cm³/mol. The number of aliphatic hydroxyl groups is 1. The van der Waals surface area contributed by atoms with Gasteiger partial charge in [-0.05, 0) is 73.8 Å². The van der Waals surface area contributed by atoms with Gasteiger partial charge in [-0.1, -0.05) is 38.8 Å². The number of aromatic nitrogens is 1. The number of ether oxygens (including phenoxy) is 1. The minimum absolute atomic E-state index is 0.103. The maximum Gasteiger partial charge on any atom is 0.303 e. The van der Waals surface area contributed by atoms with Crippen molar-refractivity contribution in [3.8, 4) is 0 Å². The van der Waals surface area contributed by atoms with Crippen LogP contribution in [0.5, 0.6) is 0 Å². The van der Waals surface area contributed by atoms with Gasteiger partial charge in [0, 0.05) is 6.92 Å². The number of carbonyl (C=O) groups excluding carboxylic acids is 1. The molecule has 2 saturated carbocycles. The molecule has 1 aromatic heterocycles. The van der Waals surface area contributed by atoms with Crippen molar-refractivity contribution in [2.45, 2.75) is 84.3 Å². The van der Waals surface area contributed by atoms with E-state index in [1.807, 2.05) is 18.2 Å². The van der Waals surface area contributed by atoms with Gasteiger partial charge in [0.1, 0.15) is 5.01 Å². The van der Waals surface area contributed by atoms with E-state index in [1.165, 1.54) is 26.2 Å². The van der Waals surface area contributed by atoms with Crippen molar-refractivity contribution in [2.24, 2.45) is 23.2 Å². The highest BCUT2D eigenvalue weighted by molar-refractivity contribution is 7.18. The number of nitrogens with zero attached hydrogens (tertiary/aromatic N) is 1. The second kappa shape index (κ2) is 8.96. The lowest BCUT2D eigenvalue weighted by Gasteiger charge is -2.45. The zero-order valence-corrected chi connectivity index (χ0v) is 19.3. The summed E-state index contributed by atoms with van der Waals surface area (Å²) in [5.41, 5.74) is 1.27. The van der Waals surface area contributed by atoms with Crippen molar-refractivity contribution in [2.75, 3.05) is 0 Å². The quantitative estimate of drug-likeness (QED) is 0.526. The van der Waals surface area contributed by atoms with Crippen LogP contribution in [-0.4, -0.2) is 22.2 Å². The van der Waals surface area contributed by atoms with E-state index >= 15 is 0 Å². The molecule has 4 rings (SSSR count). The Morgan fingerprint density at radius 3 is 2.87 bits per heavy atom. The fourth-order valence-electron chi connectivity index (χ4n) is 6.41. The highest BCUT2D eigenvalue weighted by Crippen LogP contribution is 2.58. The van der Waals surface area contributed by atoms with E-state index in [0.717, 1.165) is 47.3 Å². The molecule has 4 nitrogen and oxygen atoms in total. The number of thiazole rings is 1. The molecule has 2 aromatic rings. The van der Waals surface area contributed by atoms with Gasteiger partial charge in [-0.25, -0.2) is 4.98 Å². The Labute approximate surface area is 184 Å². The third-order valence-electron chi connectivity index (χ3n) is 7.87. The van der Waals surface area contributed by atoms with E-state index in [4.69, 9.17) is 9.72 Å². The number of benzene rings is 1. The van der Waals surface area contributed by atoms with Gasteiger partial charge in [-0.2, -0.15) is 0 Å². The van der Waals surface area contributed by atoms with E-state index in [1.54, 1.807) is 11.3 Å². The lowest BCUT2D eigenvalue weighted by molar-refractivity contribution is -0.147. The molecule has 30 heavy (non-hydrogen) atoms. The Balaban J connectivity index is 1.39. The molecule has 0 amide bonds. The number of hydrogen-bond donors (Lipinski definition) is 1. The van der Waals surface area contributed by atoms with Crippen molar-refractivity contribution < 1.29 is 14.6 Å². The zero-order valence-electron chi connectivity index (χ0n) is 18.5. The van der Waals surface area contributed by atoms with E-state index in [-0.39, 0.29) is 18.2 Å². The first-order valence-electron chi connectivity index (χ1n) is 11.6. The number of aliphatic hydroxyl groups excluding tert-OH is 1. The van der Waals surface area contributed by atoms with Crippen molar-refractivity contribution in [3.63, 3.8) is 0 Å². The molecule has 0 bridgehead atoms. The molecule has 0 spiro atoms. The molecule has 6 atom stereocenters. The monoisotopic (exact) mass is 429 g/mol. The van der Waals surface area contributed by atoms with Gasteiger partial charge >= 0.3 is 5.97 Å². The standard InChI is InChI=1S/C25H35NO3S/c1-16(18-13-14-19-21(28)10-7-15-25(18,19)3)8-6-11-22(29-17(2)27)24-26-20-9-4-5-12-23(20)30-24/h4-5,9,12,16,18-19,21-22,28H,6-8,10-11,13-15H2,1-3H3/t16?,18-,19+,21+,22?,25-/m1/s1. The number of para-hydroxylation sites is 1. The molecular weight excluding hydrogens is 394 g/mol. The molecule has 0 saturated heterocycles. The Morgan fingerprint density at radius 2 is 2.10 bits per heavy atom. The maximum absolute atomic E-state index is 11.7. The van der Waals surface area contributed by atoms with Crippen molar-refractivity contribution in [1.82, 2.24) is 4.98 Å². The molecular formula is C25H35NO3S. The van der Waals surface area contributed by atoms with Gasteiger partial charge in [0.25, 0.3) is 0 Å². The normalized spacial score (nSPS) is 30.7. The molecule has 2 aliphatic carbocycles. The van der Waals surface area contributed by atoms with Crippen LogP contribution >= 0.6 is 11.3 Å². The molecule has 0 radical (unpaired) electrons. The van der Waals surface area contributed by atoms with E-state index in [9.17, 15) is 9.90 Å². The summed E-state index contributed by atoms with van der Waals surface area (Å²) in [4.78, 5) is 16.4. The summed E-state index contributed by atoms with van der Waals surface area (Å²) in [6, 6.07) is 8.09. The second-order valence-electron chi connectivity index (χ2n) is 9.78. The topological polar surface area (TPSA) is 59.4 Å². The first-order chi connectivity index (χ1) is 14.4. The largest absolute Gasteiger partial charge is 0.455 e. The lowest BCUT2D eigenvalue weighted by atomic mass is 9.61. The summed E-state index contributed by atoms with van der Waals surface area (Å²) in [6.45, 7) is 6.30.